The maximum absolute atomic E-state index is 13.6. The first-order valence-electron chi connectivity index (χ1n) is 13.6. The zero-order valence-electron chi connectivity index (χ0n) is 24.4. The Kier molecular flexibility index (Phi) is 8.83. The third-order valence-electron chi connectivity index (χ3n) is 7.50. The summed E-state index contributed by atoms with van der Waals surface area (Å²) in [7, 11) is 1.69. The van der Waals surface area contributed by atoms with Gasteiger partial charge in [0.2, 0.25) is 5.91 Å². The minimum Gasteiger partial charge on any atom is -0.496 e. The smallest absolute Gasteiger partial charge is 0.416 e. The summed E-state index contributed by atoms with van der Waals surface area (Å²) in [6, 6.07) is 9.24. The van der Waals surface area contributed by atoms with E-state index in [1.165, 1.54) is 6.07 Å². The highest BCUT2D eigenvalue weighted by Crippen LogP contribution is 2.42. The van der Waals surface area contributed by atoms with E-state index in [4.69, 9.17) is 4.74 Å². The highest BCUT2D eigenvalue weighted by Gasteiger charge is 2.40. The lowest BCUT2D eigenvalue weighted by Crippen LogP contribution is -2.57. The molecule has 1 saturated carbocycles. The number of carbonyl (C=O) groups is 1. The molecule has 0 aliphatic heterocycles. The molecule has 4 nitrogen and oxygen atoms in total. The molecule has 2 aromatic rings. The first-order chi connectivity index (χ1) is 18.0. The van der Waals surface area contributed by atoms with Crippen molar-refractivity contribution < 1.29 is 22.7 Å². The molecule has 0 saturated heterocycles. The number of alkyl halides is 3. The molecule has 0 atom stereocenters. The topological polar surface area (TPSA) is 50.4 Å². The molecule has 1 aliphatic carbocycles. The summed E-state index contributed by atoms with van der Waals surface area (Å²) >= 11 is 0. The fraction of sp³-hybridized carbons (Fsp3) is 0.531. The van der Waals surface area contributed by atoms with Crippen LogP contribution in [0.5, 0.6) is 5.75 Å². The van der Waals surface area contributed by atoms with Crippen LogP contribution in [0.3, 0.4) is 0 Å². The van der Waals surface area contributed by atoms with E-state index in [1.807, 2.05) is 0 Å². The molecule has 7 heteroatoms. The van der Waals surface area contributed by atoms with Crippen molar-refractivity contribution in [2.75, 3.05) is 7.11 Å². The molecule has 0 bridgehead atoms. The highest BCUT2D eigenvalue weighted by molar-refractivity contribution is 5.88. The van der Waals surface area contributed by atoms with E-state index in [-0.39, 0.29) is 23.3 Å². The molecule has 2 N–H and O–H groups in total. The lowest BCUT2D eigenvalue weighted by molar-refractivity contribution is -0.137. The van der Waals surface area contributed by atoms with Gasteiger partial charge < -0.3 is 15.4 Å². The Morgan fingerprint density at radius 3 is 2.00 bits per heavy atom. The molecule has 2 aromatic carbocycles. The number of hydrogen-bond donors (Lipinski definition) is 2. The summed E-state index contributed by atoms with van der Waals surface area (Å²) in [6.45, 7) is 17.2. The maximum Gasteiger partial charge on any atom is 0.416 e. The molecule has 3 rings (SSSR count). The van der Waals surface area contributed by atoms with Gasteiger partial charge in [0, 0.05) is 23.4 Å². The van der Waals surface area contributed by atoms with Crippen LogP contribution < -0.4 is 15.4 Å². The zero-order chi connectivity index (χ0) is 29.2. The minimum atomic E-state index is -4.43. The largest absolute Gasteiger partial charge is 0.496 e. The summed E-state index contributed by atoms with van der Waals surface area (Å²) < 4.78 is 45.4. The lowest BCUT2D eigenvalue weighted by atomic mass is 9.77. The van der Waals surface area contributed by atoms with Crippen LogP contribution in [0.15, 0.2) is 43.0 Å². The molecule has 0 radical (unpaired) electrons. The molecular formula is C32H43F3N2O2. The number of nitrogens with one attached hydrogen (secondary N) is 2. The van der Waals surface area contributed by atoms with Gasteiger partial charge >= 0.3 is 6.18 Å². The summed E-state index contributed by atoms with van der Waals surface area (Å²) in [6.07, 6.45) is -0.411. The van der Waals surface area contributed by atoms with E-state index >= 15 is 0 Å². The fourth-order valence-electron chi connectivity index (χ4n) is 5.27. The van der Waals surface area contributed by atoms with Gasteiger partial charge in [-0.1, -0.05) is 79.5 Å². The van der Waals surface area contributed by atoms with Crippen molar-refractivity contribution in [3.8, 4) is 5.75 Å². The number of hydrogen-bond acceptors (Lipinski definition) is 3. The second-order valence-corrected chi connectivity index (χ2v) is 12.7. The number of benzene rings is 2. The Morgan fingerprint density at radius 2 is 1.51 bits per heavy atom. The second kappa shape index (κ2) is 11.3. The van der Waals surface area contributed by atoms with Gasteiger partial charge in [0.15, 0.2) is 0 Å². The molecular weight excluding hydrogens is 501 g/mol. The Morgan fingerprint density at radius 1 is 0.949 bits per heavy atom. The van der Waals surface area contributed by atoms with Crippen molar-refractivity contribution in [3.05, 3.63) is 70.8 Å². The van der Waals surface area contributed by atoms with Crippen LogP contribution in [0.1, 0.15) is 101 Å². The molecule has 1 amide bonds. The van der Waals surface area contributed by atoms with Gasteiger partial charge in [0.1, 0.15) is 11.3 Å². The number of methoxy groups -OCH3 is 1. The van der Waals surface area contributed by atoms with Crippen LogP contribution in [-0.4, -0.2) is 18.6 Å². The van der Waals surface area contributed by atoms with Crippen LogP contribution in [0.4, 0.5) is 13.2 Å². The number of ether oxygens (including phenoxy) is 1. The van der Waals surface area contributed by atoms with Crippen LogP contribution in [0.2, 0.25) is 0 Å². The van der Waals surface area contributed by atoms with Crippen molar-refractivity contribution in [1.82, 2.24) is 10.6 Å². The molecule has 214 valence electrons. The predicted molar refractivity (Wildman–Crippen MR) is 152 cm³/mol. The van der Waals surface area contributed by atoms with E-state index in [2.05, 4.69) is 70.9 Å². The Bertz CT molecular complexity index is 1160. The highest BCUT2D eigenvalue weighted by atomic mass is 19.4. The first-order valence-corrected chi connectivity index (χ1v) is 13.6. The molecule has 0 heterocycles. The molecule has 1 fully saturated rings. The average Bonchev–Trinajstić information content (AvgIpc) is 2.85. The Labute approximate surface area is 231 Å². The summed E-state index contributed by atoms with van der Waals surface area (Å²) in [4.78, 5) is 13.6. The van der Waals surface area contributed by atoms with Crippen LogP contribution in [0.25, 0.3) is 5.70 Å². The van der Waals surface area contributed by atoms with Crippen molar-refractivity contribution >= 4 is 11.6 Å². The SMILES string of the molecule is C=C(NC1(C(=O)NCc2cccc(C(F)(F)F)c2)CCCCC1)c1cc(C(C)(C)C)c(OC)c(C(C)(C)C)c1. The Hall–Kier alpha value is -2.96. The summed E-state index contributed by atoms with van der Waals surface area (Å²) in [5.41, 5.74) is 2.06. The van der Waals surface area contributed by atoms with Crippen molar-refractivity contribution in [2.45, 2.75) is 103 Å². The second-order valence-electron chi connectivity index (χ2n) is 12.7. The normalized spacial score (nSPS) is 15.9. The van der Waals surface area contributed by atoms with Crippen molar-refractivity contribution in [2.24, 2.45) is 0 Å². The summed E-state index contributed by atoms with van der Waals surface area (Å²) in [5.74, 6) is 0.638. The van der Waals surface area contributed by atoms with Crippen molar-refractivity contribution in [1.29, 1.82) is 0 Å². The molecule has 0 spiro atoms. The third kappa shape index (κ3) is 7.17. The third-order valence-corrected chi connectivity index (χ3v) is 7.50. The quantitative estimate of drug-likeness (QED) is 0.373. The van der Waals surface area contributed by atoms with Gasteiger partial charge in [0.25, 0.3) is 0 Å². The van der Waals surface area contributed by atoms with Crippen LogP contribution in [-0.2, 0) is 28.3 Å². The van der Waals surface area contributed by atoms with E-state index in [9.17, 15) is 18.0 Å². The number of rotatable bonds is 7. The van der Waals surface area contributed by atoms with Gasteiger partial charge in [-0.3, -0.25) is 4.79 Å². The maximum atomic E-state index is 13.6. The monoisotopic (exact) mass is 544 g/mol. The van der Waals surface area contributed by atoms with Crippen LogP contribution >= 0.6 is 0 Å². The number of carbonyl (C=O) groups excluding carboxylic acids is 1. The number of amides is 1. The van der Waals surface area contributed by atoms with Gasteiger partial charge in [-0.15, -0.1) is 0 Å². The number of halogens is 3. The van der Waals surface area contributed by atoms with E-state index in [0.29, 0.717) is 24.1 Å². The van der Waals surface area contributed by atoms with E-state index in [0.717, 1.165) is 53.8 Å². The minimum absolute atomic E-state index is 0.0174. The molecule has 39 heavy (non-hydrogen) atoms. The molecule has 0 unspecified atom stereocenters. The predicted octanol–water partition coefficient (Wildman–Crippen LogP) is 7.89. The molecule has 0 aromatic heterocycles. The summed E-state index contributed by atoms with van der Waals surface area (Å²) in [5, 5.41) is 6.39. The Balaban J connectivity index is 1.92. The average molecular weight is 545 g/mol. The lowest BCUT2D eigenvalue weighted by Gasteiger charge is -2.38. The van der Waals surface area contributed by atoms with E-state index < -0.39 is 17.3 Å². The van der Waals surface area contributed by atoms with E-state index in [1.54, 1.807) is 13.2 Å². The van der Waals surface area contributed by atoms with Gasteiger partial charge in [0.05, 0.1) is 12.7 Å². The fourth-order valence-corrected chi connectivity index (χ4v) is 5.27. The van der Waals surface area contributed by atoms with Gasteiger partial charge in [-0.2, -0.15) is 13.2 Å². The van der Waals surface area contributed by atoms with Crippen LogP contribution in [0, 0.1) is 0 Å². The standard InChI is InChI=1S/C32H43F3N2O2/c1-21(23-18-25(29(2,3)4)27(39-8)26(19-23)30(5,6)7)37-31(15-10-9-11-16-31)28(38)36-20-22-13-12-14-24(17-22)32(33,34)35/h12-14,17-19,37H,1,9-11,15-16,20H2,2-8H3,(H,36,38). The van der Waals surface area contributed by atoms with Gasteiger partial charge in [-0.05, 0) is 59.1 Å². The van der Waals surface area contributed by atoms with Gasteiger partial charge in [-0.25, -0.2) is 0 Å². The first kappa shape index (κ1) is 30.6. The van der Waals surface area contributed by atoms with Crippen molar-refractivity contribution in [3.63, 3.8) is 0 Å². The molecule has 1 aliphatic rings. The zero-order valence-corrected chi connectivity index (χ0v) is 24.4.